The molecule has 2 unspecified atom stereocenters. The van der Waals surface area contributed by atoms with E-state index < -0.39 is 5.54 Å². The number of hydrogen-bond donors (Lipinski definition) is 2. The molecule has 1 aliphatic heterocycles. The summed E-state index contributed by atoms with van der Waals surface area (Å²) in [6, 6.07) is 0. The molecule has 0 aromatic carbocycles. The third kappa shape index (κ3) is 6.32. The molecular formula is C16H33N3O2. The van der Waals surface area contributed by atoms with E-state index in [-0.39, 0.29) is 5.91 Å². The fraction of sp³-hybridized carbons (Fsp3) is 0.938. The monoisotopic (exact) mass is 299 g/mol. The van der Waals surface area contributed by atoms with Gasteiger partial charge in [-0.2, -0.15) is 0 Å². The molecule has 0 spiro atoms. The van der Waals surface area contributed by atoms with E-state index in [9.17, 15) is 4.79 Å². The second-order valence-corrected chi connectivity index (χ2v) is 6.25. The molecule has 124 valence electrons. The van der Waals surface area contributed by atoms with Gasteiger partial charge in [0, 0.05) is 13.2 Å². The van der Waals surface area contributed by atoms with Crippen LogP contribution in [0.15, 0.2) is 0 Å². The number of primary amides is 1. The van der Waals surface area contributed by atoms with Gasteiger partial charge in [0.1, 0.15) is 0 Å². The van der Waals surface area contributed by atoms with Crippen LogP contribution in [0, 0.1) is 0 Å². The highest BCUT2D eigenvalue weighted by Gasteiger charge is 2.30. The second-order valence-electron chi connectivity index (χ2n) is 6.25. The lowest BCUT2D eigenvalue weighted by Crippen LogP contribution is -2.53. The highest BCUT2D eigenvalue weighted by Crippen LogP contribution is 2.16. The van der Waals surface area contributed by atoms with Crippen LogP contribution in [-0.4, -0.2) is 55.2 Å². The maximum absolute atomic E-state index is 11.7. The molecule has 1 rings (SSSR count). The van der Waals surface area contributed by atoms with Gasteiger partial charge in [0.2, 0.25) is 5.91 Å². The highest BCUT2D eigenvalue weighted by atomic mass is 16.5. The van der Waals surface area contributed by atoms with Crippen LogP contribution in [0.5, 0.6) is 0 Å². The molecule has 5 heteroatoms. The lowest BCUT2D eigenvalue weighted by atomic mass is 9.94. The molecule has 1 amide bonds. The SMILES string of the molecule is CCCNC(C)(CCCN1CCCC(OCC)C1)C(N)=O. The summed E-state index contributed by atoms with van der Waals surface area (Å²) in [7, 11) is 0. The van der Waals surface area contributed by atoms with E-state index in [0.29, 0.717) is 6.10 Å². The minimum atomic E-state index is -0.578. The van der Waals surface area contributed by atoms with Gasteiger partial charge in [0.15, 0.2) is 0 Å². The summed E-state index contributed by atoms with van der Waals surface area (Å²) in [6.45, 7) is 10.9. The minimum absolute atomic E-state index is 0.248. The fourth-order valence-electron chi connectivity index (χ4n) is 2.94. The number of nitrogens with zero attached hydrogens (tertiary/aromatic N) is 1. The molecule has 1 fully saturated rings. The van der Waals surface area contributed by atoms with E-state index in [2.05, 4.69) is 24.1 Å². The van der Waals surface area contributed by atoms with Gasteiger partial charge in [0.25, 0.3) is 0 Å². The minimum Gasteiger partial charge on any atom is -0.377 e. The Kier molecular flexibility index (Phi) is 8.22. The molecule has 0 bridgehead atoms. The van der Waals surface area contributed by atoms with E-state index in [1.165, 1.54) is 12.8 Å². The molecule has 0 saturated carbocycles. The zero-order valence-electron chi connectivity index (χ0n) is 14.0. The standard InChI is InChI=1S/C16H33N3O2/c1-4-10-18-16(3,15(17)20)9-7-12-19-11-6-8-14(13-19)21-5-2/h14,18H,4-13H2,1-3H3,(H2,17,20). The van der Waals surface area contributed by atoms with E-state index >= 15 is 0 Å². The Bertz CT molecular complexity index is 310. The lowest BCUT2D eigenvalue weighted by Gasteiger charge is -2.33. The number of carbonyl (C=O) groups is 1. The third-order valence-corrected chi connectivity index (χ3v) is 4.32. The van der Waals surface area contributed by atoms with Crippen molar-refractivity contribution in [1.29, 1.82) is 0 Å². The van der Waals surface area contributed by atoms with Crippen LogP contribution < -0.4 is 11.1 Å². The quantitative estimate of drug-likeness (QED) is 0.642. The molecule has 5 nitrogen and oxygen atoms in total. The van der Waals surface area contributed by atoms with Crippen molar-refractivity contribution in [3.8, 4) is 0 Å². The van der Waals surface area contributed by atoms with Crippen molar-refractivity contribution in [3.05, 3.63) is 0 Å². The topological polar surface area (TPSA) is 67.6 Å². The predicted molar refractivity (Wildman–Crippen MR) is 86.2 cm³/mol. The van der Waals surface area contributed by atoms with Gasteiger partial charge in [-0.05, 0) is 65.6 Å². The molecule has 1 heterocycles. The maximum Gasteiger partial charge on any atom is 0.237 e. The molecular weight excluding hydrogens is 266 g/mol. The molecule has 0 radical (unpaired) electrons. The summed E-state index contributed by atoms with van der Waals surface area (Å²) in [6.07, 6.45) is 5.52. The second kappa shape index (κ2) is 9.38. The number of amides is 1. The summed E-state index contributed by atoms with van der Waals surface area (Å²) < 4.78 is 5.72. The number of nitrogens with two attached hydrogens (primary N) is 1. The van der Waals surface area contributed by atoms with Crippen LogP contribution in [-0.2, 0) is 9.53 Å². The van der Waals surface area contributed by atoms with Crippen LogP contribution >= 0.6 is 0 Å². The number of rotatable bonds is 10. The number of ether oxygens (including phenoxy) is 1. The lowest BCUT2D eigenvalue weighted by molar-refractivity contribution is -0.124. The summed E-state index contributed by atoms with van der Waals surface area (Å²) in [5.41, 5.74) is 4.98. The van der Waals surface area contributed by atoms with Crippen LogP contribution in [0.3, 0.4) is 0 Å². The van der Waals surface area contributed by atoms with Crippen molar-refractivity contribution in [1.82, 2.24) is 10.2 Å². The number of hydrogen-bond acceptors (Lipinski definition) is 4. The molecule has 2 atom stereocenters. The molecule has 0 aromatic rings. The van der Waals surface area contributed by atoms with Crippen molar-refractivity contribution in [2.75, 3.05) is 32.8 Å². The maximum atomic E-state index is 11.7. The molecule has 0 aliphatic carbocycles. The normalized spacial score (nSPS) is 22.9. The van der Waals surface area contributed by atoms with Crippen molar-refractivity contribution in [2.45, 2.75) is 64.5 Å². The Hall–Kier alpha value is -0.650. The van der Waals surface area contributed by atoms with Gasteiger partial charge >= 0.3 is 0 Å². The van der Waals surface area contributed by atoms with E-state index in [4.69, 9.17) is 10.5 Å². The Labute approximate surface area is 129 Å². The smallest absolute Gasteiger partial charge is 0.237 e. The summed E-state index contributed by atoms with van der Waals surface area (Å²) in [5, 5.41) is 3.29. The molecule has 1 saturated heterocycles. The van der Waals surface area contributed by atoms with E-state index in [1.807, 2.05) is 6.92 Å². The van der Waals surface area contributed by atoms with Gasteiger partial charge in [-0.3, -0.25) is 4.79 Å². The first-order valence-electron chi connectivity index (χ1n) is 8.40. The van der Waals surface area contributed by atoms with Crippen LogP contribution in [0.25, 0.3) is 0 Å². The Morgan fingerprint density at radius 3 is 2.86 bits per heavy atom. The Balaban J connectivity index is 2.34. The number of likely N-dealkylation sites (tertiary alicyclic amines) is 1. The first-order chi connectivity index (χ1) is 10.0. The van der Waals surface area contributed by atoms with Gasteiger partial charge in [0.05, 0.1) is 11.6 Å². The van der Waals surface area contributed by atoms with Crippen LogP contribution in [0.4, 0.5) is 0 Å². The zero-order valence-corrected chi connectivity index (χ0v) is 14.0. The largest absolute Gasteiger partial charge is 0.377 e. The molecule has 21 heavy (non-hydrogen) atoms. The molecule has 1 aliphatic rings. The van der Waals surface area contributed by atoms with Gasteiger partial charge in [-0.15, -0.1) is 0 Å². The van der Waals surface area contributed by atoms with Crippen LogP contribution in [0.1, 0.15) is 52.9 Å². The summed E-state index contributed by atoms with van der Waals surface area (Å²) in [4.78, 5) is 14.1. The van der Waals surface area contributed by atoms with E-state index in [0.717, 1.165) is 52.0 Å². The number of nitrogens with one attached hydrogen (secondary N) is 1. The number of piperidine rings is 1. The van der Waals surface area contributed by atoms with Crippen LogP contribution in [0.2, 0.25) is 0 Å². The summed E-state index contributed by atoms with van der Waals surface area (Å²) in [5.74, 6) is -0.248. The van der Waals surface area contributed by atoms with Crippen molar-refractivity contribution in [2.24, 2.45) is 5.73 Å². The average Bonchev–Trinajstić information content (AvgIpc) is 2.46. The first kappa shape index (κ1) is 18.4. The van der Waals surface area contributed by atoms with Gasteiger partial charge in [-0.1, -0.05) is 6.92 Å². The zero-order chi connectivity index (χ0) is 15.7. The average molecular weight is 299 g/mol. The fourth-order valence-corrected chi connectivity index (χ4v) is 2.94. The Morgan fingerprint density at radius 1 is 1.48 bits per heavy atom. The van der Waals surface area contributed by atoms with Crippen molar-refractivity contribution in [3.63, 3.8) is 0 Å². The molecule has 3 N–H and O–H groups in total. The Morgan fingerprint density at radius 2 is 2.24 bits per heavy atom. The highest BCUT2D eigenvalue weighted by molar-refractivity contribution is 5.84. The first-order valence-corrected chi connectivity index (χ1v) is 8.40. The van der Waals surface area contributed by atoms with Gasteiger partial charge < -0.3 is 20.7 Å². The number of carbonyl (C=O) groups excluding carboxylic acids is 1. The predicted octanol–water partition coefficient (Wildman–Crippen LogP) is 1.51. The summed E-state index contributed by atoms with van der Waals surface area (Å²) >= 11 is 0. The molecule has 0 aromatic heterocycles. The van der Waals surface area contributed by atoms with Gasteiger partial charge in [-0.25, -0.2) is 0 Å². The third-order valence-electron chi connectivity index (χ3n) is 4.32. The van der Waals surface area contributed by atoms with E-state index in [1.54, 1.807) is 0 Å². The van der Waals surface area contributed by atoms with Crippen molar-refractivity contribution < 1.29 is 9.53 Å². The van der Waals surface area contributed by atoms with Crippen molar-refractivity contribution >= 4 is 5.91 Å².